The lowest BCUT2D eigenvalue weighted by Gasteiger charge is -2.35. The first-order valence-corrected chi connectivity index (χ1v) is 16.0. The van der Waals surface area contributed by atoms with Crippen LogP contribution in [0.2, 0.25) is 10.2 Å². The number of rotatable bonds is 5. The number of amides is 3. The van der Waals surface area contributed by atoms with E-state index >= 15 is 4.39 Å². The zero-order chi connectivity index (χ0) is 32.9. The molecule has 16 heteroatoms. The Labute approximate surface area is 277 Å². The zero-order valence-electron chi connectivity index (χ0n) is 25.4. The number of hydrogen-bond acceptors (Lipinski definition) is 9. The van der Waals surface area contributed by atoms with Crippen molar-refractivity contribution in [1.82, 2.24) is 29.4 Å². The summed E-state index contributed by atoms with van der Waals surface area (Å²) in [5, 5.41) is 5.53. The number of imidazole rings is 1. The number of hydrogen-bond donors (Lipinski definition) is 0. The predicted molar refractivity (Wildman–Crippen MR) is 169 cm³/mol. The van der Waals surface area contributed by atoms with E-state index in [0.29, 0.717) is 17.1 Å². The fourth-order valence-corrected chi connectivity index (χ4v) is 6.59. The van der Waals surface area contributed by atoms with Crippen LogP contribution in [0, 0.1) is 12.7 Å². The van der Waals surface area contributed by atoms with Crippen LogP contribution in [0.3, 0.4) is 0 Å². The fourth-order valence-electron chi connectivity index (χ4n) is 5.46. The van der Waals surface area contributed by atoms with Gasteiger partial charge in [0.2, 0.25) is 10.9 Å². The lowest BCUT2D eigenvalue weighted by atomic mass is 9.95. The maximum Gasteiger partial charge on any atom is 0.410 e. The Morgan fingerprint density at radius 1 is 1.11 bits per heavy atom. The Morgan fingerprint density at radius 2 is 1.89 bits per heavy atom. The highest BCUT2D eigenvalue weighted by Gasteiger charge is 2.38. The highest BCUT2D eigenvalue weighted by Crippen LogP contribution is 2.38. The molecule has 3 aromatic heterocycles. The number of anilines is 1. The van der Waals surface area contributed by atoms with Crippen LogP contribution in [0.15, 0.2) is 30.3 Å². The summed E-state index contributed by atoms with van der Waals surface area (Å²) in [6.45, 7) is 7.26. The van der Waals surface area contributed by atoms with E-state index in [0.717, 1.165) is 10.7 Å². The summed E-state index contributed by atoms with van der Waals surface area (Å²) in [6, 6.07) is 6.60. The minimum absolute atomic E-state index is 0.0515. The van der Waals surface area contributed by atoms with E-state index < -0.39 is 36.1 Å². The van der Waals surface area contributed by atoms with E-state index in [1.54, 1.807) is 43.5 Å². The standard InChI is InChI=1S/C30H30Cl2FN7O5S/c1-16-36-40-26-20(34-28(40)46-16)9-10-39(25(26)18-6-5-17(31)13-19(18)33)24(42)15-44-21-7-8-22(35-27(21)32)38-12-11-37(14-23(38)41)29(43)45-30(2,3)4/h5-8,13,25H,9-12,14-15H2,1-4H3. The molecule has 3 amide bonds. The van der Waals surface area contributed by atoms with E-state index in [-0.39, 0.29) is 59.4 Å². The molecular weight excluding hydrogens is 660 g/mol. The summed E-state index contributed by atoms with van der Waals surface area (Å²) < 4.78 is 28.2. The number of aryl methyl sites for hydroxylation is 1. The molecule has 0 aliphatic carbocycles. The average Bonchev–Trinajstić information content (AvgIpc) is 3.50. The van der Waals surface area contributed by atoms with Gasteiger partial charge in [-0.25, -0.2) is 23.7 Å². The Morgan fingerprint density at radius 3 is 2.59 bits per heavy atom. The molecule has 6 rings (SSSR count). The van der Waals surface area contributed by atoms with Gasteiger partial charge in [0.1, 0.15) is 34.8 Å². The Hall–Kier alpha value is -4.01. The van der Waals surface area contributed by atoms with Gasteiger partial charge in [-0.3, -0.25) is 19.4 Å². The highest BCUT2D eigenvalue weighted by molar-refractivity contribution is 7.16. The molecule has 2 aliphatic heterocycles. The molecule has 0 bridgehead atoms. The van der Waals surface area contributed by atoms with Crippen LogP contribution in [0.4, 0.5) is 15.0 Å². The van der Waals surface area contributed by atoms with Gasteiger partial charge in [-0.1, -0.05) is 40.6 Å². The topological polar surface area (TPSA) is 122 Å². The molecule has 1 fully saturated rings. The minimum Gasteiger partial charge on any atom is -0.481 e. The molecule has 242 valence electrons. The summed E-state index contributed by atoms with van der Waals surface area (Å²) in [5.41, 5.74) is 0.930. The largest absolute Gasteiger partial charge is 0.481 e. The van der Waals surface area contributed by atoms with Gasteiger partial charge in [0, 0.05) is 36.6 Å². The minimum atomic E-state index is -0.824. The highest BCUT2D eigenvalue weighted by atomic mass is 35.5. The van der Waals surface area contributed by atoms with Crippen molar-refractivity contribution in [3.8, 4) is 5.75 Å². The maximum atomic E-state index is 15.3. The van der Waals surface area contributed by atoms with Crippen LogP contribution >= 0.6 is 34.5 Å². The van der Waals surface area contributed by atoms with Gasteiger partial charge in [-0.15, -0.1) is 0 Å². The van der Waals surface area contributed by atoms with Gasteiger partial charge < -0.3 is 14.4 Å². The SMILES string of the molecule is Cc1nn2c3c(nc2s1)CCN(C(=O)COc1ccc(N2CCN(C(=O)OC(C)(C)C)CC2=O)nc1Cl)C3c1ccc(Cl)cc1F. The van der Waals surface area contributed by atoms with Crippen molar-refractivity contribution in [1.29, 1.82) is 0 Å². The molecule has 46 heavy (non-hydrogen) atoms. The second-order valence-corrected chi connectivity index (χ2v) is 13.8. The summed E-state index contributed by atoms with van der Waals surface area (Å²) >= 11 is 13.9. The summed E-state index contributed by atoms with van der Waals surface area (Å²) in [6.07, 6.45) is -0.112. The van der Waals surface area contributed by atoms with Crippen LogP contribution in [-0.4, -0.2) is 85.7 Å². The van der Waals surface area contributed by atoms with Gasteiger partial charge in [0.25, 0.3) is 5.91 Å². The second-order valence-electron chi connectivity index (χ2n) is 11.9. The Kier molecular flexibility index (Phi) is 8.55. The van der Waals surface area contributed by atoms with Crippen LogP contribution in [0.1, 0.15) is 48.8 Å². The number of carbonyl (C=O) groups excluding carboxylic acids is 3. The molecule has 2 aliphatic rings. The molecular formula is C30H30Cl2FN7O5S. The van der Waals surface area contributed by atoms with E-state index in [1.807, 2.05) is 6.92 Å². The number of fused-ring (bicyclic) bond motifs is 3. The molecule has 1 aromatic carbocycles. The third kappa shape index (κ3) is 6.33. The van der Waals surface area contributed by atoms with Crippen LogP contribution in [-0.2, 0) is 20.7 Å². The van der Waals surface area contributed by atoms with Gasteiger partial charge in [-0.05, 0) is 52.0 Å². The van der Waals surface area contributed by atoms with Gasteiger partial charge in [0.05, 0.1) is 11.4 Å². The molecule has 5 heterocycles. The van der Waals surface area contributed by atoms with E-state index in [2.05, 4.69) is 10.1 Å². The van der Waals surface area contributed by atoms with Crippen molar-refractivity contribution >= 4 is 63.2 Å². The normalized spacial score (nSPS) is 17.0. The Balaban J connectivity index is 1.17. The smallest absolute Gasteiger partial charge is 0.410 e. The first-order chi connectivity index (χ1) is 21.8. The van der Waals surface area contributed by atoms with E-state index in [9.17, 15) is 14.4 Å². The van der Waals surface area contributed by atoms with Crippen molar-refractivity contribution < 1.29 is 28.2 Å². The van der Waals surface area contributed by atoms with E-state index in [1.165, 1.54) is 38.2 Å². The summed E-state index contributed by atoms with van der Waals surface area (Å²) in [4.78, 5) is 52.9. The second kappa shape index (κ2) is 12.3. The zero-order valence-corrected chi connectivity index (χ0v) is 27.7. The average molecular weight is 691 g/mol. The fraction of sp³-hybridized carbons (Fsp3) is 0.400. The van der Waals surface area contributed by atoms with Crippen molar-refractivity contribution in [2.45, 2.75) is 45.8 Å². The molecule has 0 spiro atoms. The molecule has 1 unspecified atom stereocenters. The third-order valence-electron chi connectivity index (χ3n) is 7.45. The monoisotopic (exact) mass is 689 g/mol. The van der Waals surface area contributed by atoms with Crippen molar-refractivity contribution in [3.63, 3.8) is 0 Å². The third-order valence-corrected chi connectivity index (χ3v) is 8.78. The van der Waals surface area contributed by atoms with Crippen LogP contribution in [0.25, 0.3) is 4.96 Å². The quantitative estimate of drug-likeness (QED) is 0.266. The summed E-state index contributed by atoms with van der Waals surface area (Å²) in [5.74, 6) is -0.912. The Bertz CT molecular complexity index is 1860. The van der Waals surface area contributed by atoms with Crippen molar-refractivity contribution in [2.75, 3.05) is 37.7 Å². The molecule has 12 nitrogen and oxygen atoms in total. The number of ether oxygens (including phenoxy) is 2. The first kappa shape index (κ1) is 32.0. The molecule has 1 atom stereocenters. The number of carbonyl (C=O) groups is 3. The maximum absolute atomic E-state index is 15.3. The molecule has 0 saturated carbocycles. The van der Waals surface area contributed by atoms with E-state index in [4.69, 9.17) is 37.7 Å². The number of nitrogens with zero attached hydrogens (tertiary/aromatic N) is 7. The van der Waals surface area contributed by atoms with Gasteiger partial charge in [0.15, 0.2) is 17.5 Å². The summed E-state index contributed by atoms with van der Waals surface area (Å²) in [7, 11) is 0. The van der Waals surface area contributed by atoms with Gasteiger partial charge in [-0.2, -0.15) is 5.10 Å². The van der Waals surface area contributed by atoms with Crippen molar-refractivity contribution in [2.24, 2.45) is 0 Å². The molecule has 1 saturated heterocycles. The lowest BCUT2D eigenvalue weighted by Crippen LogP contribution is -2.53. The van der Waals surface area contributed by atoms with Crippen LogP contribution in [0.5, 0.6) is 5.75 Å². The molecule has 0 radical (unpaired) electrons. The van der Waals surface area contributed by atoms with Crippen molar-refractivity contribution in [3.05, 3.63) is 68.3 Å². The number of aromatic nitrogens is 4. The molecule has 0 N–H and O–H groups in total. The number of pyridine rings is 1. The predicted octanol–water partition coefficient (Wildman–Crippen LogP) is 5.08. The first-order valence-electron chi connectivity index (χ1n) is 14.5. The lowest BCUT2D eigenvalue weighted by molar-refractivity contribution is -0.135. The molecule has 4 aromatic rings. The van der Waals surface area contributed by atoms with Gasteiger partial charge >= 0.3 is 6.09 Å². The number of halogens is 3. The number of benzene rings is 1. The number of piperazine rings is 1. The van der Waals surface area contributed by atoms with Crippen LogP contribution < -0.4 is 9.64 Å².